The van der Waals surface area contributed by atoms with Gasteiger partial charge < -0.3 is 4.55 Å². The molecular formula is C18H15ClIO2S-. The van der Waals surface area contributed by atoms with E-state index in [1.807, 2.05) is 18.2 Å². The summed E-state index contributed by atoms with van der Waals surface area (Å²) in [4.78, 5) is 0.326. The van der Waals surface area contributed by atoms with Crippen molar-refractivity contribution in [2.24, 2.45) is 0 Å². The van der Waals surface area contributed by atoms with Crippen LogP contribution in [0.3, 0.4) is 0 Å². The highest BCUT2D eigenvalue weighted by Gasteiger charge is 2.22. The minimum Gasteiger partial charge on any atom is -0.768 e. The molecule has 0 spiro atoms. The number of hydrogen-bond acceptors (Lipinski definition) is 2. The van der Waals surface area contributed by atoms with Crippen molar-refractivity contribution in [3.05, 3.63) is 73.3 Å². The molecule has 2 aromatic rings. The first-order chi connectivity index (χ1) is 11.0. The molecule has 0 saturated heterocycles. The van der Waals surface area contributed by atoms with Crippen molar-refractivity contribution < 1.29 is 8.76 Å². The molecule has 0 amide bonds. The van der Waals surface area contributed by atoms with Gasteiger partial charge in [0.05, 0.1) is 0 Å². The lowest BCUT2D eigenvalue weighted by molar-refractivity contribution is 0.537. The molecule has 0 saturated carbocycles. The zero-order valence-corrected chi connectivity index (χ0v) is 16.2. The number of rotatable bonds is 2. The van der Waals surface area contributed by atoms with Crippen molar-refractivity contribution in [3.63, 3.8) is 0 Å². The molecule has 5 heteroatoms. The Morgan fingerprint density at radius 2 is 2.09 bits per heavy atom. The van der Waals surface area contributed by atoms with Gasteiger partial charge in [0, 0.05) is 19.4 Å². The number of hydrogen-bond donors (Lipinski definition) is 0. The maximum atomic E-state index is 11.3. The largest absolute Gasteiger partial charge is 0.768 e. The van der Waals surface area contributed by atoms with Crippen LogP contribution in [-0.2, 0) is 17.5 Å². The lowest BCUT2D eigenvalue weighted by Crippen LogP contribution is -2.06. The predicted molar refractivity (Wildman–Crippen MR) is 102 cm³/mol. The van der Waals surface area contributed by atoms with E-state index in [1.54, 1.807) is 18.2 Å². The molecule has 3 rings (SSSR count). The van der Waals surface area contributed by atoms with Gasteiger partial charge in [0.15, 0.2) is 0 Å². The Kier molecular flexibility index (Phi) is 5.26. The highest BCUT2D eigenvalue weighted by atomic mass is 127. The van der Waals surface area contributed by atoms with Gasteiger partial charge in [-0.15, -0.1) is 0 Å². The zero-order chi connectivity index (χ0) is 16.6. The van der Waals surface area contributed by atoms with Crippen molar-refractivity contribution in [1.82, 2.24) is 0 Å². The summed E-state index contributed by atoms with van der Waals surface area (Å²) < 4.78 is 23.7. The Bertz CT molecular complexity index is 817. The molecule has 23 heavy (non-hydrogen) atoms. The Morgan fingerprint density at radius 1 is 1.30 bits per heavy atom. The summed E-state index contributed by atoms with van der Waals surface area (Å²) in [7, 11) is 0. The van der Waals surface area contributed by atoms with Gasteiger partial charge in [-0.25, -0.2) is 0 Å². The fourth-order valence-electron chi connectivity index (χ4n) is 3.07. The van der Waals surface area contributed by atoms with Gasteiger partial charge in [0.25, 0.3) is 0 Å². The van der Waals surface area contributed by atoms with Crippen LogP contribution >= 0.6 is 34.2 Å². The number of fused-ring (bicyclic) bond motifs is 1. The summed E-state index contributed by atoms with van der Waals surface area (Å²) >= 11 is 6.40. The molecule has 1 aliphatic carbocycles. The normalized spacial score (nSPS) is 18.8. The summed E-state index contributed by atoms with van der Waals surface area (Å²) in [5.74, 6) is 0.125. The van der Waals surface area contributed by atoms with Gasteiger partial charge in [-0.3, -0.25) is 4.21 Å². The van der Waals surface area contributed by atoms with E-state index in [9.17, 15) is 8.76 Å². The van der Waals surface area contributed by atoms with E-state index in [-0.39, 0.29) is 5.92 Å². The molecule has 120 valence electrons. The van der Waals surface area contributed by atoms with Crippen LogP contribution in [0.4, 0.5) is 0 Å². The van der Waals surface area contributed by atoms with E-state index in [0.717, 1.165) is 27.0 Å². The second kappa shape index (κ2) is 7.05. The molecule has 0 aromatic heterocycles. The first-order valence-corrected chi connectivity index (χ1v) is 9.81. The lowest BCUT2D eigenvalue weighted by Gasteiger charge is -2.21. The van der Waals surface area contributed by atoms with Gasteiger partial charge in [0.2, 0.25) is 0 Å². The first-order valence-electron chi connectivity index (χ1n) is 7.28. The molecule has 1 aliphatic rings. The van der Waals surface area contributed by atoms with Gasteiger partial charge in [-0.1, -0.05) is 35.4 Å². The molecule has 2 nitrogen and oxygen atoms in total. The second-order valence-corrected chi connectivity index (χ2v) is 8.31. The quantitative estimate of drug-likeness (QED) is 0.353. The van der Waals surface area contributed by atoms with Crippen molar-refractivity contribution in [2.75, 3.05) is 0 Å². The summed E-state index contributed by atoms with van der Waals surface area (Å²) in [6.07, 6.45) is 4.02. The maximum absolute atomic E-state index is 11.3. The van der Waals surface area contributed by atoms with E-state index < -0.39 is 11.1 Å². The van der Waals surface area contributed by atoms with Crippen molar-refractivity contribution in [2.45, 2.75) is 30.6 Å². The number of allylic oxidation sites excluding steroid dienone is 2. The molecule has 1 unspecified atom stereocenters. The molecular weight excluding hydrogens is 443 g/mol. The van der Waals surface area contributed by atoms with Crippen LogP contribution in [0.15, 0.2) is 52.9 Å². The van der Waals surface area contributed by atoms with E-state index in [2.05, 4.69) is 35.6 Å². The Morgan fingerprint density at radius 3 is 2.83 bits per heavy atom. The Hall–Kier alpha value is -0.690. The first kappa shape index (κ1) is 17.1. The zero-order valence-electron chi connectivity index (χ0n) is 12.5. The van der Waals surface area contributed by atoms with E-state index >= 15 is 0 Å². The summed E-state index contributed by atoms with van der Waals surface area (Å²) in [6, 6.07) is 11.2. The van der Waals surface area contributed by atoms with Gasteiger partial charge in [0.1, 0.15) is 0 Å². The molecule has 0 radical (unpaired) electrons. The average molecular weight is 458 g/mol. The third-order valence-corrected chi connectivity index (χ3v) is 6.02. The minimum atomic E-state index is -2.22. The van der Waals surface area contributed by atoms with E-state index in [1.165, 1.54) is 16.7 Å². The highest BCUT2D eigenvalue weighted by molar-refractivity contribution is 14.1. The average Bonchev–Trinajstić information content (AvgIpc) is 2.67. The predicted octanol–water partition coefficient (Wildman–Crippen LogP) is 5.21. The van der Waals surface area contributed by atoms with Crippen LogP contribution in [0.1, 0.15) is 36.0 Å². The maximum Gasteiger partial charge on any atom is 0.0419 e. The smallest absolute Gasteiger partial charge is 0.0419 e. The Labute approximate surface area is 157 Å². The molecule has 0 fully saturated rings. The minimum absolute atomic E-state index is 0.125. The van der Waals surface area contributed by atoms with Crippen LogP contribution in [0.5, 0.6) is 0 Å². The molecule has 2 aromatic carbocycles. The van der Waals surface area contributed by atoms with Crippen molar-refractivity contribution in [3.8, 4) is 0 Å². The topological polar surface area (TPSA) is 40.1 Å². The Balaban J connectivity index is 2.17. The van der Waals surface area contributed by atoms with E-state index in [0.29, 0.717) is 4.90 Å². The second-order valence-electron chi connectivity index (χ2n) is 5.77. The third kappa shape index (κ3) is 3.71. The van der Waals surface area contributed by atoms with Gasteiger partial charge in [-0.05, 0) is 94.4 Å². The fraction of sp³-hybridized carbons (Fsp3) is 0.222. The molecule has 2 atom stereocenters. The lowest BCUT2D eigenvalue weighted by atomic mass is 9.85. The van der Waals surface area contributed by atoms with Crippen LogP contribution in [0.2, 0.25) is 5.02 Å². The standard InChI is InChI=1S/C18H16ClIO2S/c1-11-5-6-15-17(9-13(19)10-18(15)20)16(7-11)12-3-2-4-14(8-12)23(21)22/h2-5,8-10,16H,6-7H2,1H3,(H,21,22)/p-1/t16-/m0/s1. The third-order valence-electron chi connectivity index (χ3n) is 4.20. The SMILES string of the molecule is CC1=CCc2c(I)cc(Cl)cc2[C@H](c2cccc(S(=O)[O-])c2)C1. The van der Waals surface area contributed by atoms with Crippen LogP contribution in [-0.4, -0.2) is 8.76 Å². The fourth-order valence-corrected chi connectivity index (χ4v) is 4.77. The number of benzene rings is 2. The van der Waals surface area contributed by atoms with Crippen molar-refractivity contribution in [1.29, 1.82) is 0 Å². The van der Waals surface area contributed by atoms with E-state index in [4.69, 9.17) is 11.6 Å². The monoisotopic (exact) mass is 457 g/mol. The molecule has 0 heterocycles. The molecule has 0 N–H and O–H groups in total. The summed E-state index contributed by atoms with van der Waals surface area (Å²) in [5, 5.41) is 0.723. The van der Waals surface area contributed by atoms with Crippen LogP contribution < -0.4 is 0 Å². The molecule has 0 bridgehead atoms. The summed E-state index contributed by atoms with van der Waals surface area (Å²) in [5.41, 5.74) is 4.81. The number of halogens is 2. The molecule has 0 aliphatic heterocycles. The van der Waals surface area contributed by atoms with Crippen LogP contribution in [0, 0.1) is 3.57 Å². The van der Waals surface area contributed by atoms with Crippen molar-refractivity contribution >= 4 is 45.3 Å². The van der Waals surface area contributed by atoms with Crippen LogP contribution in [0.25, 0.3) is 0 Å². The highest BCUT2D eigenvalue weighted by Crippen LogP contribution is 2.39. The summed E-state index contributed by atoms with van der Waals surface area (Å²) in [6.45, 7) is 2.13. The van der Waals surface area contributed by atoms with Gasteiger partial charge in [-0.2, -0.15) is 0 Å². The van der Waals surface area contributed by atoms with Gasteiger partial charge >= 0.3 is 0 Å².